The molecular formula is C19H24F3NO. The van der Waals surface area contributed by atoms with Gasteiger partial charge in [0.2, 0.25) is 5.91 Å². The van der Waals surface area contributed by atoms with Crippen LogP contribution >= 0.6 is 0 Å². The third-order valence-electron chi connectivity index (χ3n) is 5.83. The van der Waals surface area contributed by atoms with Crippen LogP contribution < -0.4 is 5.32 Å². The van der Waals surface area contributed by atoms with Crippen LogP contribution in [0.3, 0.4) is 0 Å². The van der Waals surface area contributed by atoms with Gasteiger partial charge in [-0.05, 0) is 42.2 Å². The molecule has 2 saturated carbocycles. The average molecular weight is 339 g/mol. The number of carbonyl (C=O) groups is 1. The molecule has 0 bridgehead atoms. The van der Waals surface area contributed by atoms with Gasteiger partial charge in [0.25, 0.3) is 0 Å². The second kappa shape index (κ2) is 6.41. The lowest BCUT2D eigenvalue weighted by Gasteiger charge is -2.34. The van der Waals surface area contributed by atoms with E-state index in [9.17, 15) is 18.0 Å². The Labute approximate surface area is 140 Å². The number of hydrogen-bond donors (Lipinski definition) is 1. The molecule has 3 rings (SSSR count). The van der Waals surface area contributed by atoms with Gasteiger partial charge in [-0.25, -0.2) is 0 Å². The Morgan fingerprint density at radius 1 is 1.17 bits per heavy atom. The van der Waals surface area contributed by atoms with Gasteiger partial charge >= 0.3 is 6.18 Å². The fraction of sp³-hybridized carbons (Fsp3) is 0.632. The molecule has 1 amide bonds. The molecule has 0 radical (unpaired) electrons. The monoisotopic (exact) mass is 339 g/mol. The summed E-state index contributed by atoms with van der Waals surface area (Å²) < 4.78 is 39.4. The van der Waals surface area contributed by atoms with Gasteiger partial charge in [-0.3, -0.25) is 4.79 Å². The van der Waals surface area contributed by atoms with Crippen LogP contribution in [0.25, 0.3) is 0 Å². The van der Waals surface area contributed by atoms with Gasteiger partial charge in [0.15, 0.2) is 0 Å². The van der Waals surface area contributed by atoms with E-state index in [0.717, 1.165) is 18.9 Å². The minimum absolute atomic E-state index is 0.0806. The molecule has 2 fully saturated rings. The quantitative estimate of drug-likeness (QED) is 0.846. The van der Waals surface area contributed by atoms with Crippen LogP contribution in [-0.4, -0.2) is 11.9 Å². The molecule has 1 aromatic carbocycles. The van der Waals surface area contributed by atoms with Gasteiger partial charge in [0, 0.05) is 12.0 Å². The molecule has 0 heterocycles. The van der Waals surface area contributed by atoms with E-state index in [0.29, 0.717) is 18.3 Å². The highest BCUT2D eigenvalue weighted by Gasteiger charge is 2.48. The maximum Gasteiger partial charge on any atom is 0.416 e. The highest BCUT2D eigenvalue weighted by Crippen LogP contribution is 2.51. The molecule has 0 saturated heterocycles. The second-order valence-electron chi connectivity index (χ2n) is 7.42. The molecule has 5 unspecified atom stereocenters. The zero-order valence-corrected chi connectivity index (χ0v) is 14.1. The third kappa shape index (κ3) is 3.45. The first-order valence-corrected chi connectivity index (χ1v) is 8.75. The van der Waals surface area contributed by atoms with Crippen molar-refractivity contribution in [1.29, 1.82) is 0 Å². The normalized spacial score (nSPS) is 33.1. The van der Waals surface area contributed by atoms with E-state index in [4.69, 9.17) is 0 Å². The first-order chi connectivity index (χ1) is 11.3. The fourth-order valence-electron chi connectivity index (χ4n) is 3.98. The summed E-state index contributed by atoms with van der Waals surface area (Å²) in [5.74, 6) is 0.285. The van der Waals surface area contributed by atoms with E-state index >= 15 is 0 Å². The van der Waals surface area contributed by atoms with Crippen molar-refractivity contribution in [3.63, 3.8) is 0 Å². The molecule has 2 aliphatic carbocycles. The largest absolute Gasteiger partial charge is 0.416 e. The number of halogens is 3. The summed E-state index contributed by atoms with van der Waals surface area (Å²) in [5, 5.41) is 3.10. The van der Waals surface area contributed by atoms with Crippen molar-refractivity contribution in [2.75, 3.05) is 0 Å². The zero-order valence-electron chi connectivity index (χ0n) is 14.1. The second-order valence-corrected chi connectivity index (χ2v) is 7.42. The van der Waals surface area contributed by atoms with Crippen LogP contribution in [0.1, 0.15) is 56.6 Å². The Morgan fingerprint density at radius 3 is 2.58 bits per heavy atom. The highest BCUT2D eigenvalue weighted by atomic mass is 19.4. The fourth-order valence-corrected chi connectivity index (χ4v) is 3.98. The Hall–Kier alpha value is -1.52. The average Bonchev–Trinajstić information content (AvgIpc) is 3.31. The molecular weight excluding hydrogens is 315 g/mol. The molecule has 1 aromatic rings. The first-order valence-electron chi connectivity index (χ1n) is 8.75. The van der Waals surface area contributed by atoms with Crippen LogP contribution in [0.2, 0.25) is 0 Å². The zero-order chi connectivity index (χ0) is 17.5. The van der Waals surface area contributed by atoms with Crippen molar-refractivity contribution in [1.82, 2.24) is 5.32 Å². The smallest absolute Gasteiger partial charge is 0.353 e. The van der Waals surface area contributed by atoms with E-state index in [1.165, 1.54) is 18.6 Å². The number of nitrogens with one attached hydrogen (secondary N) is 1. The minimum Gasteiger partial charge on any atom is -0.353 e. The Morgan fingerprint density at radius 2 is 1.88 bits per heavy atom. The van der Waals surface area contributed by atoms with Crippen molar-refractivity contribution in [2.45, 2.75) is 57.7 Å². The van der Waals surface area contributed by atoms with E-state index in [2.05, 4.69) is 19.2 Å². The van der Waals surface area contributed by atoms with Crippen LogP contribution in [0.4, 0.5) is 13.2 Å². The number of benzene rings is 1. The number of carbonyl (C=O) groups excluding carboxylic acids is 1. The van der Waals surface area contributed by atoms with E-state index in [1.54, 1.807) is 6.07 Å². The first kappa shape index (κ1) is 17.3. The predicted molar refractivity (Wildman–Crippen MR) is 86.4 cm³/mol. The SMILES string of the molecule is CC1CCCC(NC(=O)C2CC2c2ccccc2C(F)(F)F)C1C. The van der Waals surface area contributed by atoms with Gasteiger partial charge in [-0.1, -0.05) is 44.9 Å². The third-order valence-corrected chi connectivity index (χ3v) is 5.83. The minimum atomic E-state index is -4.37. The lowest BCUT2D eigenvalue weighted by Crippen LogP contribution is -2.44. The molecule has 0 aromatic heterocycles. The van der Waals surface area contributed by atoms with Crippen molar-refractivity contribution in [3.05, 3.63) is 35.4 Å². The molecule has 2 nitrogen and oxygen atoms in total. The van der Waals surface area contributed by atoms with Gasteiger partial charge in [0.05, 0.1) is 5.56 Å². The maximum absolute atomic E-state index is 13.1. The highest BCUT2D eigenvalue weighted by molar-refractivity contribution is 5.83. The lowest BCUT2D eigenvalue weighted by molar-refractivity contribution is -0.138. The van der Waals surface area contributed by atoms with Crippen molar-refractivity contribution in [2.24, 2.45) is 17.8 Å². The maximum atomic E-state index is 13.1. The molecule has 2 aliphatic rings. The summed E-state index contributed by atoms with van der Waals surface area (Å²) >= 11 is 0. The number of rotatable bonds is 3. The molecule has 0 spiro atoms. The van der Waals surface area contributed by atoms with Gasteiger partial charge in [-0.15, -0.1) is 0 Å². The van der Waals surface area contributed by atoms with Crippen LogP contribution in [0, 0.1) is 17.8 Å². The van der Waals surface area contributed by atoms with E-state index in [1.807, 2.05) is 0 Å². The lowest BCUT2D eigenvalue weighted by atomic mass is 9.78. The Bertz CT molecular complexity index is 613. The van der Waals surface area contributed by atoms with Gasteiger partial charge in [0.1, 0.15) is 0 Å². The van der Waals surface area contributed by atoms with Crippen molar-refractivity contribution in [3.8, 4) is 0 Å². The van der Waals surface area contributed by atoms with Crippen molar-refractivity contribution < 1.29 is 18.0 Å². The van der Waals surface area contributed by atoms with Crippen molar-refractivity contribution >= 4 is 5.91 Å². The molecule has 1 N–H and O–H groups in total. The summed E-state index contributed by atoms with van der Waals surface area (Å²) in [5.41, 5.74) is -0.347. The number of amides is 1. The number of alkyl halides is 3. The summed E-state index contributed by atoms with van der Waals surface area (Å²) in [4.78, 5) is 12.5. The van der Waals surface area contributed by atoms with Crippen LogP contribution in [-0.2, 0) is 11.0 Å². The summed E-state index contributed by atoms with van der Waals surface area (Å²) in [6.45, 7) is 4.35. The summed E-state index contributed by atoms with van der Waals surface area (Å²) in [6.07, 6.45) is -0.614. The van der Waals surface area contributed by atoms with Crippen LogP contribution in [0.15, 0.2) is 24.3 Å². The number of hydrogen-bond acceptors (Lipinski definition) is 1. The van der Waals surface area contributed by atoms with E-state index < -0.39 is 11.7 Å². The van der Waals surface area contributed by atoms with E-state index in [-0.39, 0.29) is 29.3 Å². The summed E-state index contributed by atoms with van der Waals surface area (Å²) in [6, 6.07) is 5.78. The summed E-state index contributed by atoms with van der Waals surface area (Å²) in [7, 11) is 0. The molecule has 5 heteroatoms. The Balaban J connectivity index is 1.66. The van der Waals surface area contributed by atoms with Gasteiger partial charge in [-0.2, -0.15) is 13.2 Å². The molecule has 132 valence electrons. The Kier molecular flexibility index (Phi) is 4.63. The topological polar surface area (TPSA) is 29.1 Å². The molecule has 5 atom stereocenters. The predicted octanol–water partition coefficient (Wildman–Crippen LogP) is 4.75. The van der Waals surface area contributed by atoms with Gasteiger partial charge < -0.3 is 5.32 Å². The molecule has 24 heavy (non-hydrogen) atoms. The van der Waals surface area contributed by atoms with Crippen LogP contribution in [0.5, 0.6) is 0 Å². The molecule has 0 aliphatic heterocycles. The standard InChI is InChI=1S/C19H24F3NO/c1-11-6-5-9-17(12(11)2)23-18(24)15-10-14(15)13-7-3-4-8-16(13)19(20,21)22/h3-4,7-8,11-12,14-15,17H,5-6,9-10H2,1-2H3,(H,23,24).